The van der Waals surface area contributed by atoms with Crippen LogP contribution in [0.5, 0.6) is 0 Å². The van der Waals surface area contributed by atoms with E-state index in [0.29, 0.717) is 0 Å². The molecule has 1 unspecified atom stereocenters. The zero-order valence-electron chi connectivity index (χ0n) is 16.4. The van der Waals surface area contributed by atoms with Gasteiger partial charge in [-0.05, 0) is 69.5 Å². The predicted molar refractivity (Wildman–Crippen MR) is 109 cm³/mol. The highest BCUT2D eigenvalue weighted by Crippen LogP contribution is 2.29. The molecule has 0 aliphatic rings. The highest BCUT2D eigenvalue weighted by atomic mass is 32.2. The molecule has 0 N–H and O–H groups in total. The molecule has 0 aliphatic carbocycles. The molecule has 140 valence electrons. The van der Waals surface area contributed by atoms with E-state index in [-0.39, 0.29) is 11.0 Å². The third-order valence-corrected chi connectivity index (χ3v) is 5.81. The van der Waals surface area contributed by atoms with Crippen molar-refractivity contribution in [3.8, 4) is 11.4 Å². The zero-order chi connectivity index (χ0) is 19.6. The van der Waals surface area contributed by atoms with Crippen LogP contribution in [-0.2, 0) is 6.54 Å². The Kier molecular flexibility index (Phi) is 5.75. The molecule has 3 rings (SSSR count). The number of aromatic nitrogens is 4. The Hall–Kier alpha value is -2.47. The molecule has 27 heavy (non-hydrogen) atoms. The highest BCUT2D eigenvalue weighted by molar-refractivity contribution is 8.00. The second-order valence-electron chi connectivity index (χ2n) is 6.66. The van der Waals surface area contributed by atoms with E-state index >= 15 is 0 Å². The zero-order valence-corrected chi connectivity index (χ0v) is 17.2. The second-order valence-corrected chi connectivity index (χ2v) is 7.97. The van der Waals surface area contributed by atoms with E-state index < -0.39 is 0 Å². The van der Waals surface area contributed by atoms with Crippen LogP contribution in [0.4, 0.5) is 0 Å². The van der Waals surface area contributed by atoms with Crippen LogP contribution in [0.2, 0.25) is 0 Å². The summed E-state index contributed by atoms with van der Waals surface area (Å²) in [5.74, 6) is 0.918. The van der Waals surface area contributed by atoms with Crippen LogP contribution < -0.4 is 0 Å². The number of Topliss-reactive ketones (excluding diaryl/α,β-unsaturated/α-hetero) is 1. The molecular formula is C21H24N4OS. The first-order chi connectivity index (χ1) is 12.9. The maximum atomic E-state index is 13.0. The monoisotopic (exact) mass is 380 g/mol. The van der Waals surface area contributed by atoms with Gasteiger partial charge in [-0.3, -0.25) is 9.78 Å². The smallest absolute Gasteiger partial charge is 0.192 e. The van der Waals surface area contributed by atoms with E-state index in [9.17, 15) is 4.79 Å². The second kappa shape index (κ2) is 8.05. The van der Waals surface area contributed by atoms with E-state index in [4.69, 9.17) is 0 Å². The Morgan fingerprint density at radius 1 is 1.07 bits per heavy atom. The fourth-order valence-corrected chi connectivity index (χ4v) is 4.01. The molecule has 0 fully saturated rings. The standard InChI is InChI=1S/C21H24N4OS/c1-6-25-20(17-7-9-22-10-8-17)23-24-21(25)27-16(5)19(26)18-12-14(3)13(2)11-15(18)4/h7-12,16H,6H2,1-5H3. The van der Waals surface area contributed by atoms with Crippen LogP contribution in [0, 0.1) is 20.8 Å². The molecule has 1 aromatic carbocycles. The average molecular weight is 381 g/mol. The van der Waals surface area contributed by atoms with Crippen molar-refractivity contribution in [2.75, 3.05) is 0 Å². The van der Waals surface area contributed by atoms with Gasteiger partial charge in [-0.25, -0.2) is 0 Å². The SMILES string of the molecule is CCn1c(SC(C)C(=O)c2cc(C)c(C)cc2C)nnc1-c1ccncc1. The maximum absolute atomic E-state index is 13.0. The molecule has 0 bridgehead atoms. The van der Waals surface area contributed by atoms with Gasteiger partial charge in [-0.2, -0.15) is 0 Å². The minimum atomic E-state index is -0.245. The van der Waals surface area contributed by atoms with Crippen molar-refractivity contribution < 1.29 is 4.79 Å². The van der Waals surface area contributed by atoms with Gasteiger partial charge in [0.1, 0.15) is 0 Å². The number of pyridine rings is 1. The van der Waals surface area contributed by atoms with Crippen molar-refractivity contribution in [1.29, 1.82) is 0 Å². The molecule has 0 spiro atoms. The number of thioether (sulfide) groups is 1. The van der Waals surface area contributed by atoms with Gasteiger partial charge >= 0.3 is 0 Å². The van der Waals surface area contributed by atoms with Gasteiger partial charge in [-0.1, -0.05) is 17.8 Å². The summed E-state index contributed by atoms with van der Waals surface area (Å²) in [6, 6.07) is 7.91. The number of carbonyl (C=O) groups is 1. The third kappa shape index (κ3) is 3.95. The lowest BCUT2D eigenvalue weighted by atomic mass is 9.97. The van der Waals surface area contributed by atoms with Crippen LogP contribution in [0.3, 0.4) is 0 Å². The molecule has 6 heteroatoms. The molecule has 0 radical (unpaired) electrons. The number of benzene rings is 1. The minimum absolute atomic E-state index is 0.122. The van der Waals surface area contributed by atoms with Crippen molar-refractivity contribution in [3.05, 3.63) is 58.9 Å². The van der Waals surface area contributed by atoms with Crippen LogP contribution in [0.15, 0.2) is 41.8 Å². The predicted octanol–water partition coefficient (Wildman–Crippen LogP) is 4.65. The molecule has 2 heterocycles. The lowest BCUT2D eigenvalue weighted by molar-refractivity contribution is 0.0993. The first-order valence-electron chi connectivity index (χ1n) is 9.04. The van der Waals surface area contributed by atoms with Gasteiger partial charge in [0, 0.05) is 30.1 Å². The summed E-state index contributed by atoms with van der Waals surface area (Å²) >= 11 is 1.46. The first kappa shape index (κ1) is 19.3. The molecule has 1 atom stereocenters. The first-order valence-corrected chi connectivity index (χ1v) is 9.92. The largest absolute Gasteiger partial charge is 0.302 e. The molecule has 0 saturated heterocycles. The summed E-state index contributed by atoms with van der Waals surface area (Å²) in [6.07, 6.45) is 3.48. The van der Waals surface area contributed by atoms with Crippen molar-refractivity contribution in [2.24, 2.45) is 0 Å². The van der Waals surface area contributed by atoms with Gasteiger partial charge < -0.3 is 4.57 Å². The maximum Gasteiger partial charge on any atom is 0.192 e. The average Bonchev–Trinajstić information content (AvgIpc) is 3.07. The van der Waals surface area contributed by atoms with Crippen LogP contribution in [-0.4, -0.2) is 30.8 Å². The fourth-order valence-electron chi connectivity index (χ4n) is 3.03. The quantitative estimate of drug-likeness (QED) is 0.460. The van der Waals surface area contributed by atoms with Gasteiger partial charge in [0.05, 0.1) is 5.25 Å². The number of ketones is 1. The number of rotatable bonds is 6. The van der Waals surface area contributed by atoms with Gasteiger partial charge in [0.2, 0.25) is 0 Å². The van der Waals surface area contributed by atoms with Crippen molar-refractivity contribution >= 4 is 17.5 Å². The van der Waals surface area contributed by atoms with E-state index in [1.807, 2.05) is 43.5 Å². The highest BCUT2D eigenvalue weighted by Gasteiger charge is 2.22. The summed E-state index contributed by atoms with van der Waals surface area (Å²) in [6.45, 7) is 10.8. The lowest BCUT2D eigenvalue weighted by Gasteiger charge is -2.14. The number of aryl methyl sites for hydroxylation is 3. The Bertz CT molecular complexity index is 966. The summed E-state index contributed by atoms with van der Waals surface area (Å²) in [7, 11) is 0. The van der Waals surface area contributed by atoms with E-state index in [1.165, 1.54) is 17.3 Å². The Morgan fingerprint density at radius 3 is 2.41 bits per heavy atom. The Labute approximate surface area is 164 Å². The summed E-state index contributed by atoms with van der Waals surface area (Å²) in [5, 5.41) is 9.19. The van der Waals surface area contributed by atoms with E-state index in [2.05, 4.69) is 35.1 Å². The number of nitrogens with zero attached hydrogens (tertiary/aromatic N) is 4. The molecule has 0 aliphatic heterocycles. The Morgan fingerprint density at radius 2 is 1.74 bits per heavy atom. The van der Waals surface area contributed by atoms with Gasteiger partial charge in [0.25, 0.3) is 0 Å². The lowest BCUT2D eigenvalue weighted by Crippen LogP contribution is -2.16. The molecule has 0 amide bonds. The van der Waals surface area contributed by atoms with Gasteiger partial charge in [0.15, 0.2) is 16.8 Å². The third-order valence-electron chi connectivity index (χ3n) is 4.73. The summed E-state index contributed by atoms with van der Waals surface area (Å²) in [4.78, 5) is 17.1. The summed E-state index contributed by atoms with van der Waals surface area (Å²) in [5.41, 5.74) is 5.12. The fraction of sp³-hybridized carbons (Fsp3) is 0.333. The number of carbonyl (C=O) groups excluding carboxylic acids is 1. The van der Waals surface area contributed by atoms with Crippen molar-refractivity contribution in [3.63, 3.8) is 0 Å². The molecule has 3 aromatic rings. The van der Waals surface area contributed by atoms with Crippen molar-refractivity contribution in [2.45, 2.75) is 51.6 Å². The van der Waals surface area contributed by atoms with Gasteiger partial charge in [-0.15, -0.1) is 10.2 Å². The van der Waals surface area contributed by atoms with Crippen LogP contribution in [0.25, 0.3) is 11.4 Å². The number of hydrogen-bond donors (Lipinski definition) is 0. The van der Waals surface area contributed by atoms with E-state index in [1.54, 1.807) is 12.4 Å². The normalized spacial score (nSPS) is 12.2. The van der Waals surface area contributed by atoms with Crippen LogP contribution >= 0.6 is 11.8 Å². The summed E-state index contributed by atoms with van der Waals surface area (Å²) < 4.78 is 2.04. The molecule has 5 nitrogen and oxygen atoms in total. The molecule has 2 aromatic heterocycles. The Balaban J connectivity index is 1.86. The van der Waals surface area contributed by atoms with E-state index in [0.717, 1.165) is 39.8 Å². The van der Waals surface area contributed by atoms with Crippen molar-refractivity contribution in [1.82, 2.24) is 19.7 Å². The number of hydrogen-bond acceptors (Lipinski definition) is 5. The molecule has 0 saturated carbocycles. The minimum Gasteiger partial charge on any atom is -0.302 e. The van der Waals surface area contributed by atoms with Crippen LogP contribution in [0.1, 0.15) is 40.9 Å². The topological polar surface area (TPSA) is 60.7 Å². The molecular weight excluding hydrogens is 356 g/mol.